The van der Waals surface area contributed by atoms with Gasteiger partial charge < -0.3 is 19.8 Å². The maximum absolute atomic E-state index is 12.2. The van der Waals surface area contributed by atoms with Crippen molar-refractivity contribution < 1.29 is 9.47 Å². The van der Waals surface area contributed by atoms with E-state index >= 15 is 0 Å². The average Bonchev–Trinajstić information content (AvgIpc) is 3.01. The minimum atomic E-state index is -0.0862. The van der Waals surface area contributed by atoms with Crippen LogP contribution in [0.15, 0.2) is 53.3 Å². The van der Waals surface area contributed by atoms with Crippen LogP contribution >= 0.6 is 0 Å². The lowest BCUT2D eigenvalue weighted by Crippen LogP contribution is -2.20. The molecule has 116 valence electrons. The van der Waals surface area contributed by atoms with E-state index in [1.54, 1.807) is 6.07 Å². The molecular formula is C18H16N2O3. The molecule has 0 aliphatic carbocycles. The molecular weight excluding hydrogens is 292 g/mol. The van der Waals surface area contributed by atoms with Crippen LogP contribution in [0.1, 0.15) is 11.1 Å². The highest BCUT2D eigenvalue weighted by Crippen LogP contribution is 2.35. The zero-order valence-corrected chi connectivity index (χ0v) is 12.5. The Labute approximate surface area is 132 Å². The van der Waals surface area contributed by atoms with Gasteiger partial charge in [0.25, 0.3) is 5.56 Å². The first kappa shape index (κ1) is 13.8. The van der Waals surface area contributed by atoms with E-state index in [2.05, 4.69) is 22.4 Å². The van der Waals surface area contributed by atoms with Crippen molar-refractivity contribution in [2.24, 2.45) is 0 Å². The molecule has 2 heterocycles. The summed E-state index contributed by atoms with van der Waals surface area (Å²) in [4.78, 5) is 15.1. The smallest absolute Gasteiger partial charge is 0.252 e. The minimum absolute atomic E-state index is 0.0862. The van der Waals surface area contributed by atoms with E-state index in [0.717, 1.165) is 17.4 Å². The molecule has 0 atom stereocenters. The summed E-state index contributed by atoms with van der Waals surface area (Å²) in [5.74, 6) is 1.39. The summed E-state index contributed by atoms with van der Waals surface area (Å²) in [5, 5.41) is 4.24. The number of H-pyrrole nitrogens is 1. The quantitative estimate of drug-likeness (QED) is 0.777. The summed E-state index contributed by atoms with van der Waals surface area (Å²) in [6.45, 7) is 1.45. The van der Waals surface area contributed by atoms with Crippen molar-refractivity contribution in [2.75, 3.05) is 6.79 Å². The van der Waals surface area contributed by atoms with Gasteiger partial charge in [-0.25, -0.2) is 0 Å². The van der Waals surface area contributed by atoms with E-state index < -0.39 is 0 Å². The third-order valence-corrected chi connectivity index (χ3v) is 3.90. The average molecular weight is 308 g/mol. The van der Waals surface area contributed by atoms with Gasteiger partial charge in [0.15, 0.2) is 11.5 Å². The molecule has 5 heteroatoms. The molecule has 23 heavy (non-hydrogen) atoms. The zero-order valence-electron chi connectivity index (χ0n) is 12.5. The summed E-state index contributed by atoms with van der Waals surface area (Å²) >= 11 is 0. The molecule has 0 bridgehead atoms. The Hall–Kier alpha value is -2.79. The molecule has 0 amide bonds. The number of pyridine rings is 1. The van der Waals surface area contributed by atoms with Crippen molar-refractivity contribution in [3.63, 3.8) is 0 Å². The second-order valence-electron chi connectivity index (χ2n) is 5.51. The lowest BCUT2D eigenvalue weighted by molar-refractivity contribution is 0.174. The number of rotatable bonds is 4. The van der Waals surface area contributed by atoms with Gasteiger partial charge in [0.1, 0.15) is 0 Å². The molecule has 5 nitrogen and oxygen atoms in total. The molecule has 0 unspecified atom stereocenters. The van der Waals surface area contributed by atoms with Crippen molar-refractivity contribution in [3.8, 4) is 11.5 Å². The van der Waals surface area contributed by atoms with Crippen molar-refractivity contribution in [1.82, 2.24) is 10.3 Å². The lowest BCUT2D eigenvalue weighted by atomic mass is 10.1. The van der Waals surface area contributed by atoms with Crippen molar-refractivity contribution in [1.29, 1.82) is 0 Å². The summed E-state index contributed by atoms with van der Waals surface area (Å²) in [6, 6.07) is 15.7. The van der Waals surface area contributed by atoms with Gasteiger partial charge in [0.2, 0.25) is 6.79 Å². The maximum atomic E-state index is 12.2. The van der Waals surface area contributed by atoms with E-state index in [4.69, 9.17) is 9.47 Å². The summed E-state index contributed by atoms with van der Waals surface area (Å²) in [5.41, 5.74) is 2.56. The van der Waals surface area contributed by atoms with Crippen LogP contribution in [0.5, 0.6) is 11.5 Å². The third kappa shape index (κ3) is 2.78. The predicted octanol–water partition coefficient (Wildman–Crippen LogP) is 2.55. The van der Waals surface area contributed by atoms with Crippen LogP contribution in [0, 0.1) is 0 Å². The van der Waals surface area contributed by atoms with Gasteiger partial charge in [-0.15, -0.1) is 0 Å². The van der Waals surface area contributed by atoms with E-state index in [1.807, 2.05) is 30.3 Å². The maximum Gasteiger partial charge on any atom is 0.252 e. The monoisotopic (exact) mass is 308 g/mol. The van der Waals surface area contributed by atoms with Crippen LogP contribution < -0.4 is 20.3 Å². The first-order valence-electron chi connectivity index (χ1n) is 7.50. The molecule has 0 saturated heterocycles. The topological polar surface area (TPSA) is 63.4 Å². The number of fused-ring (bicyclic) bond motifs is 2. The molecule has 0 saturated carbocycles. The Morgan fingerprint density at radius 3 is 2.61 bits per heavy atom. The summed E-state index contributed by atoms with van der Waals surface area (Å²) in [7, 11) is 0. The van der Waals surface area contributed by atoms with Crippen LogP contribution in [0.25, 0.3) is 10.9 Å². The largest absolute Gasteiger partial charge is 0.454 e. The molecule has 0 spiro atoms. The lowest BCUT2D eigenvalue weighted by Gasteiger charge is -2.07. The van der Waals surface area contributed by atoms with E-state index in [9.17, 15) is 4.79 Å². The van der Waals surface area contributed by atoms with Crippen molar-refractivity contribution in [3.05, 3.63) is 70.0 Å². The molecule has 0 radical (unpaired) electrons. The number of nitrogens with one attached hydrogen (secondary N) is 2. The normalized spacial score (nSPS) is 12.7. The Morgan fingerprint density at radius 1 is 1.00 bits per heavy atom. The number of aromatic nitrogens is 1. The fourth-order valence-electron chi connectivity index (χ4n) is 2.71. The number of aromatic amines is 1. The molecule has 3 aromatic rings. The van der Waals surface area contributed by atoms with Crippen LogP contribution in [0.3, 0.4) is 0 Å². The van der Waals surface area contributed by atoms with E-state index in [0.29, 0.717) is 23.6 Å². The highest BCUT2D eigenvalue weighted by atomic mass is 16.7. The Bertz CT molecular complexity index is 903. The van der Waals surface area contributed by atoms with Gasteiger partial charge in [-0.2, -0.15) is 0 Å². The fraction of sp³-hybridized carbons (Fsp3) is 0.167. The van der Waals surface area contributed by atoms with Gasteiger partial charge in [0, 0.05) is 30.1 Å². The van der Waals surface area contributed by atoms with Crippen LogP contribution in [0.4, 0.5) is 0 Å². The molecule has 2 N–H and O–H groups in total. The first-order chi connectivity index (χ1) is 11.3. The molecule has 1 aromatic heterocycles. The number of ether oxygens (including phenoxy) is 2. The fourth-order valence-corrected chi connectivity index (χ4v) is 2.71. The zero-order chi connectivity index (χ0) is 15.6. The minimum Gasteiger partial charge on any atom is -0.454 e. The van der Waals surface area contributed by atoms with Gasteiger partial charge in [0.05, 0.1) is 5.52 Å². The highest BCUT2D eigenvalue weighted by molar-refractivity contribution is 5.83. The molecule has 4 rings (SSSR count). The highest BCUT2D eigenvalue weighted by Gasteiger charge is 2.15. The van der Waals surface area contributed by atoms with Gasteiger partial charge in [-0.1, -0.05) is 30.3 Å². The Kier molecular flexibility index (Phi) is 3.48. The van der Waals surface area contributed by atoms with Gasteiger partial charge >= 0.3 is 0 Å². The molecule has 1 aliphatic heterocycles. The van der Waals surface area contributed by atoms with E-state index in [1.165, 1.54) is 5.56 Å². The second kappa shape index (κ2) is 5.78. The SMILES string of the molecule is O=c1[nH]c2cc3c(cc2cc1CNCc1ccccc1)OCO3. The number of hydrogen-bond donors (Lipinski definition) is 2. The van der Waals surface area contributed by atoms with E-state index in [-0.39, 0.29) is 12.4 Å². The number of benzene rings is 2. The molecule has 0 fully saturated rings. The summed E-state index contributed by atoms with van der Waals surface area (Å²) in [6.07, 6.45) is 0. The van der Waals surface area contributed by atoms with Crippen molar-refractivity contribution >= 4 is 10.9 Å². The van der Waals surface area contributed by atoms with Crippen LogP contribution in [-0.4, -0.2) is 11.8 Å². The van der Waals surface area contributed by atoms with Crippen LogP contribution in [0.2, 0.25) is 0 Å². The standard InChI is InChI=1S/C18H16N2O3/c21-18-14(10-19-9-12-4-2-1-3-5-12)6-13-7-16-17(23-11-22-16)8-15(13)20-18/h1-8,19H,9-11H2,(H,20,21). The van der Waals surface area contributed by atoms with Gasteiger partial charge in [-0.05, 0) is 17.7 Å². The molecule has 2 aromatic carbocycles. The predicted molar refractivity (Wildman–Crippen MR) is 87.7 cm³/mol. The second-order valence-corrected chi connectivity index (χ2v) is 5.51. The third-order valence-electron chi connectivity index (χ3n) is 3.90. The summed E-state index contributed by atoms with van der Waals surface area (Å²) < 4.78 is 10.7. The van der Waals surface area contributed by atoms with Crippen molar-refractivity contribution in [2.45, 2.75) is 13.1 Å². The first-order valence-corrected chi connectivity index (χ1v) is 7.50. The molecule has 1 aliphatic rings. The Balaban J connectivity index is 1.56. The van der Waals surface area contributed by atoms with Gasteiger partial charge in [-0.3, -0.25) is 4.79 Å². The van der Waals surface area contributed by atoms with Crippen LogP contribution in [-0.2, 0) is 13.1 Å². The number of hydrogen-bond acceptors (Lipinski definition) is 4. The Morgan fingerprint density at radius 2 is 1.78 bits per heavy atom.